The van der Waals surface area contributed by atoms with Crippen molar-refractivity contribution in [3.8, 4) is 0 Å². The number of carbonyl (C=O) groups is 3. The molecule has 110 valence electrons. The third-order valence-electron chi connectivity index (χ3n) is 2.12. The van der Waals surface area contributed by atoms with Gasteiger partial charge in [0.15, 0.2) is 6.17 Å². The van der Waals surface area contributed by atoms with Gasteiger partial charge >= 0.3 is 12.1 Å². The number of carboxylic acid groups (broad SMARTS) is 1. The summed E-state index contributed by atoms with van der Waals surface area (Å²) < 4.78 is 4.98. The Labute approximate surface area is 111 Å². The van der Waals surface area contributed by atoms with Crippen LogP contribution in [0.4, 0.5) is 4.79 Å². The van der Waals surface area contributed by atoms with Gasteiger partial charge in [-0.15, -0.1) is 0 Å². The van der Waals surface area contributed by atoms with Crippen LogP contribution in [0.25, 0.3) is 0 Å². The summed E-state index contributed by atoms with van der Waals surface area (Å²) in [4.78, 5) is 34.7. The van der Waals surface area contributed by atoms with Crippen LogP contribution in [0.5, 0.6) is 0 Å². The van der Waals surface area contributed by atoms with Crippen LogP contribution in [0, 0.1) is 0 Å². The number of aliphatic carboxylic acids is 1. The second-order valence-electron chi connectivity index (χ2n) is 5.10. The van der Waals surface area contributed by atoms with Crippen molar-refractivity contribution in [2.45, 2.75) is 45.5 Å². The van der Waals surface area contributed by atoms with Crippen molar-refractivity contribution < 1.29 is 24.2 Å². The zero-order valence-corrected chi connectivity index (χ0v) is 11.8. The standard InChI is InChI=1S/C11H21N3O5/c1-6(13-10(18)19-11(2,3)4)8(15)14(5)7(12)9(16)17/h6-7H,12H2,1-5H3,(H,13,18)(H,16,17). The summed E-state index contributed by atoms with van der Waals surface area (Å²) in [5.41, 5.74) is 4.61. The van der Waals surface area contributed by atoms with E-state index in [0.717, 1.165) is 4.90 Å². The first-order valence-corrected chi connectivity index (χ1v) is 5.70. The van der Waals surface area contributed by atoms with Gasteiger partial charge in [0.2, 0.25) is 5.91 Å². The summed E-state index contributed by atoms with van der Waals surface area (Å²) in [7, 11) is 1.24. The van der Waals surface area contributed by atoms with Crippen molar-refractivity contribution >= 4 is 18.0 Å². The zero-order valence-electron chi connectivity index (χ0n) is 11.8. The molecule has 2 atom stereocenters. The van der Waals surface area contributed by atoms with Gasteiger partial charge in [0.25, 0.3) is 0 Å². The molecule has 2 amide bonds. The molecule has 2 unspecified atom stereocenters. The Balaban J connectivity index is 4.50. The first-order valence-electron chi connectivity index (χ1n) is 5.70. The molecule has 0 saturated heterocycles. The van der Waals surface area contributed by atoms with Gasteiger partial charge in [-0.3, -0.25) is 4.79 Å². The molecule has 0 aromatic rings. The molecule has 0 aliphatic rings. The summed E-state index contributed by atoms with van der Waals surface area (Å²) in [6.45, 7) is 6.47. The molecule has 0 fully saturated rings. The molecule has 4 N–H and O–H groups in total. The fourth-order valence-electron chi connectivity index (χ4n) is 1.15. The molecular formula is C11H21N3O5. The Kier molecular flexibility index (Phi) is 5.76. The number of nitrogens with two attached hydrogens (primary N) is 1. The summed E-state index contributed by atoms with van der Waals surface area (Å²) in [6, 6.07) is -0.940. The van der Waals surface area contributed by atoms with Gasteiger partial charge in [0.05, 0.1) is 0 Å². The van der Waals surface area contributed by atoms with E-state index >= 15 is 0 Å². The molecule has 0 heterocycles. The highest BCUT2D eigenvalue weighted by Gasteiger charge is 2.28. The van der Waals surface area contributed by atoms with Crippen molar-refractivity contribution in [3.05, 3.63) is 0 Å². The topological polar surface area (TPSA) is 122 Å². The molecule has 0 aliphatic heterocycles. The van der Waals surface area contributed by atoms with E-state index in [1.807, 2.05) is 0 Å². The Bertz CT molecular complexity index is 364. The molecular weight excluding hydrogens is 254 g/mol. The average Bonchev–Trinajstić information content (AvgIpc) is 2.22. The second-order valence-corrected chi connectivity index (χ2v) is 5.10. The van der Waals surface area contributed by atoms with Gasteiger partial charge in [0.1, 0.15) is 11.6 Å². The monoisotopic (exact) mass is 275 g/mol. The van der Waals surface area contributed by atoms with E-state index < -0.39 is 35.8 Å². The van der Waals surface area contributed by atoms with Crippen LogP contribution < -0.4 is 11.1 Å². The van der Waals surface area contributed by atoms with Crippen LogP contribution in [0.3, 0.4) is 0 Å². The van der Waals surface area contributed by atoms with Crippen LogP contribution in [-0.4, -0.2) is 52.8 Å². The number of hydrogen-bond donors (Lipinski definition) is 3. The number of nitrogens with zero attached hydrogens (tertiary/aromatic N) is 1. The lowest BCUT2D eigenvalue weighted by Gasteiger charge is -2.26. The van der Waals surface area contributed by atoms with Gasteiger partial charge in [-0.1, -0.05) is 0 Å². The SMILES string of the molecule is CC(NC(=O)OC(C)(C)C)C(=O)N(C)C(N)C(=O)O. The van der Waals surface area contributed by atoms with Crippen LogP contribution in [0.1, 0.15) is 27.7 Å². The van der Waals surface area contributed by atoms with Crippen molar-refractivity contribution in [2.24, 2.45) is 5.73 Å². The Morgan fingerprint density at radius 1 is 1.32 bits per heavy atom. The minimum absolute atomic E-state index is 0.624. The quantitative estimate of drug-likeness (QED) is 0.607. The number of amides is 2. The number of likely N-dealkylation sites (N-methyl/N-ethyl adjacent to an activating group) is 1. The lowest BCUT2D eigenvalue weighted by Crippen LogP contribution is -2.54. The minimum Gasteiger partial charge on any atom is -0.479 e. The normalized spacial score (nSPS) is 14.2. The molecule has 0 radical (unpaired) electrons. The molecule has 0 saturated carbocycles. The number of ether oxygens (including phenoxy) is 1. The molecule has 0 rings (SSSR count). The van der Waals surface area contributed by atoms with E-state index in [1.165, 1.54) is 14.0 Å². The lowest BCUT2D eigenvalue weighted by atomic mass is 10.2. The van der Waals surface area contributed by atoms with Crippen LogP contribution in [0.2, 0.25) is 0 Å². The second kappa shape index (κ2) is 6.37. The van der Waals surface area contributed by atoms with Crippen molar-refractivity contribution in [1.82, 2.24) is 10.2 Å². The van der Waals surface area contributed by atoms with Gasteiger partial charge in [-0.25, -0.2) is 9.59 Å². The lowest BCUT2D eigenvalue weighted by molar-refractivity contribution is -0.149. The highest BCUT2D eigenvalue weighted by molar-refractivity contribution is 5.88. The van der Waals surface area contributed by atoms with Crippen LogP contribution in [-0.2, 0) is 14.3 Å². The third kappa shape index (κ3) is 6.05. The van der Waals surface area contributed by atoms with E-state index in [4.69, 9.17) is 15.6 Å². The smallest absolute Gasteiger partial charge is 0.408 e. The summed E-state index contributed by atoms with van der Waals surface area (Å²) >= 11 is 0. The van der Waals surface area contributed by atoms with E-state index in [-0.39, 0.29) is 0 Å². The van der Waals surface area contributed by atoms with Crippen molar-refractivity contribution in [2.75, 3.05) is 7.05 Å². The maximum atomic E-state index is 11.8. The molecule has 0 aromatic carbocycles. The van der Waals surface area contributed by atoms with E-state index in [0.29, 0.717) is 0 Å². The molecule has 0 bridgehead atoms. The Morgan fingerprint density at radius 3 is 2.16 bits per heavy atom. The largest absolute Gasteiger partial charge is 0.479 e. The number of rotatable bonds is 4. The summed E-state index contributed by atoms with van der Waals surface area (Å²) in [5.74, 6) is -1.96. The fraction of sp³-hybridized carbons (Fsp3) is 0.727. The molecule has 19 heavy (non-hydrogen) atoms. The van der Waals surface area contributed by atoms with Gasteiger partial charge in [0, 0.05) is 7.05 Å². The molecule has 8 heteroatoms. The van der Waals surface area contributed by atoms with Crippen LogP contribution >= 0.6 is 0 Å². The first kappa shape index (κ1) is 17.2. The highest BCUT2D eigenvalue weighted by Crippen LogP contribution is 2.07. The molecule has 0 spiro atoms. The fourth-order valence-corrected chi connectivity index (χ4v) is 1.15. The minimum atomic E-state index is -1.46. The zero-order chi connectivity index (χ0) is 15.4. The number of hydrogen-bond acceptors (Lipinski definition) is 5. The first-order chi connectivity index (χ1) is 8.45. The number of alkyl carbamates (subject to hydrolysis) is 1. The molecule has 0 aromatic heterocycles. The summed E-state index contributed by atoms with van der Waals surface area (Å²) in [5, 5.41) is 11.0. The van der Waals surface area contributed by atoms with E-state index in [9.17, 15) is 14.4 Å². The molecule has 8 nitrogen and oxygen atoms in total. The van der Waals surface area contributed by atoms with E-state index in [2.05, 4.69) is 5.32 Å². The Hall–Kier alpha value is -1.83. The third-order valence-corrected chi connectivity index (χ3v) is 2.12. The number of nitrogens with one attached hydrogen (secondary N) is 1. The van der Waals surface area contributed by atoms with Crippen molar-refractivity contribution in [1.29, 1.82) is 0 Å². The predicted octanol–water partition coefficient (Wildman–Crippen LogP) is -0.273. The number of carboxylic acids is 1. The van der Waals surface area contributed by atoms with Crippen molar-refractivity contribution in [3.63, 3.8) is 0 Å². The average molecular weight is 275 g/mol. The number of carbonyl (C=O) groups excluding carboxylic acids is 2. The Morgan fingerprint density at radius 2 is 1.79 bits per heavy atom. The highest BCUT2D eigenvalue weighted by atomic mass is 16.6. The van der Waals surface area contributed by atoms with E-state index in [1.54, 1.807) is 20.8 Å². The van der Waals surface area contributed by atoms with Crippen LogP contribution in [0.15, 0.2) is 0 Å². The van der Waals surface area contributed by atoms with Gasteiger partial charge in [-0.2, -0.15) is 0 Å². The summed E-state index contributed by atoms with van der Waals surface area (Å²) in [6.07, 6.45) is -2.22. The maximum absolute atomic E-state index is 11.8. The predicted molar refractivity (Wildman–Crippen MR) is 67.2 cm³/mol. The van der Waals surface area contributed by atoms with Gasteiger partial charge in [-0.05, 0) is 27.7 Å². The maximum Gasteiger partial charge on any atom is 0.408 e. The molecule has 0 aliphatic carbocycles. The van der Waals surface area contributed by atoms with Gasteiger partial charge < -0.3 is 25.8 Å².